The summed E-state index contributed by atoms with van der Waals surface area (Å²) in [7, 11) is 3.62. The fourth-order valence-corrected chi connectivity index (χ4v) is 2.95. The topological polar surface area (TPSA) is 45.1 Å². The number of nitrogens with zero attached hydrogens (tertiary/aromatic N) is 3. The van der Waals surface area contributed by atoms with Gasteiger partial charge in [0.1, 0.15) is 11.4 Å². The highest BCUT2D eigenvalue weighted by molar-refractivity contribution is 8.13. The molecule has 0 aromatic heterocycles. The first-order chi connectivity index (χ1) is 9.67. The molecule has 5 nitrogen and oxygen atoms in total. The summed E-state index contributed by atoms with van der Waals surface area (Å²) in [5.41, 5.74) is 1.43. The van der Waals surface area contributed by atoms with Crippen LogP contribution in [0.15, 0.2) is 35.0 Å². The van der Waals surface area contributed by atoms with E-state index in [9.17, 15) is 4.79 Å². The second-order valence-electron chi connectivity index (χ2n) is 4.70. The van der Waals surface area contributed by atoms with Crippen LogP contribution in [0.4, 0.5) is 0 Å². The summed E-state index contributed by atoms with van der Waals surface area (Å²) < 4.78 is 5.12. The second kappa shape index (κ2) is 5.30. The Balaban J connectivity index is 1.85. The van der Waals surface area contributed by atoms with Gasteiger partial charge in [0, 0.05) is 0 Å². The van der Waals surface area contributed by atoms with Gasteiger partial charge in [-0.05, 0) is 30.8 Å². The van der Waals surface area contributed by atoms with E-state index in [4.69, 9.17) is 4.74 Å². The first kappa shape index (κ1) is 13.2. The highest BCUT2D eigenvalue weighted by Gasteiger charge is 2.34. The van der Waals surface area contributed by atoms with Gasteiger partial charge in [0.05, 0.1) is 19.7 Å². The number of hydrogen-bond acceptors (Lipinski definition) is 5. The Bertz CT molecular complexity index is 595. The molecule has 0 atom stereocenters. The van der Waals surface area contributed by atoms with Crippen LogP contribution < -0.4 is 4.74 Å². The summed E-state index contributed by atoms with van der Waals surface area (Å²) in [5, 5.41) is 0.799. The molecule has 0 radical (unpaired) electrons. The van der Waals surface area contributed by atoms with Gasteiger partial charge in [0.15, 0.2) is 5.17 Å². The standard InChI is InChI=1S/C14H15N3O2S/c1-16-8-17-13(18)12(15-14(17)20-9-16)7-10-3-5-11(19-2)6-4-10/h3-7H,8-9H2,1-2H3. The number of hydrogen-bond donors (Lipinski definition) is 0. The summed E-state index contributed by atoms with van der Waals surface area (Å²) >= 11 is 1.59. The molecule has 2 aliphatic heterocycles. The maximum Gasteiger partial charge on any atom is 0.279 e. The summed E-state index contributed by atoms with van der Waals surface area (Å²) in [6.45, 7) is 0.602. The Morgan fingerprint density at radius 2 is 2.10 bits per heavy atom. The molecule has 0 saturated carbocycles. The molecule has 1 fully saturated rings. The van der Waals surface area contributed by atoms with Gasteiger partial charge in [-0.2, -0.15) is 0 Å². The molecular formula is C14H15N3O2S. The molecule has 1 saturated heterocycles. The molecule has 104 valence electrons. The van der Waals surface area contributed by atoms with E-state index in [1.807, 2.05) is 37.4 Å². The molecule has 0 aliphatic carbocycles. The predicted molar refractivity (Wildman–Crippen MR) is 80.3 cm³/mol. The highest BCUT2D eigenvalue weighted by Crippen LogP contribution is 2.27. The Kier molecular flexibility index (Phi) is 3.50. The summed E-state index contributed by atoms with van der Waals surface area (Å²) in [6, 6.07) is 7.56. The Morgan fingerprint density at radius 3 is 2.80 bits per heavy atom. The number of ether oxygens (including phenoxy) is 1. The molecule has 1 amide bonds. The molecular weight excluding hydrogens is 274 g/mol. The van der Waals surface area contributed by atoms with Crippen molar-refractivity contribution in [1.82, 2.24) is 9.80 Å². The lowest BCUT2D eigenvalue weighted by molar-refractivity contribution is -0.123. The van der Waals surface area contributed by atoms with Crippen LogP contribution in [0.5, 0.6) is 5.75 Å². The Labute approximate surface area is 121 Å². The van der Waals surface area contributed by atoms with Gasteiger partial charge in [-0.1, -0.05) is 23.9 Å². The van der Waals surface area contributed by atoms with Crippen molar-refractivity contribution in [2.45, 2.75) is 0 Å². The third-order valence-electron chi connectivity index (χ3n) is 3.13. The third kappa shape index (κ3) is 2.44. The maximum atomic E-state index is 12.3. The van der Waals surface area contributed by atoms with Crippen molar-refractivity contribution in [3.8, 4) is 5.75 Å². The molecule has 3 rings (SSSR count). The smallest absolute Gasteiger partial charge is 0.279 e. The van der Waals surface area contributed by atoms with Crippen molar-refractivity contribution in [2.24, 2.45) is 4.99 Å². The van der Waals surface area contributed by atoms with E-state index < -0.39 is 0 Å². The van der Waals surface area contributed by atoms with Gasteiger partial charge < -0.3 is 4.74 Å². The fraction of sp³-hybridized carbons (Fsp3) is 0.286. The zero-order valence-corrected chi connectivity index (χ0v) is 12.2. The van der Waals surface area contributed by atoms with Crippen LogP contribution in [-0.4, -0.2) is 47.6 Å². The van der Waals surface area contributed by atoms with Crippen LogP contribution in [0, 0.1) is 0 Å². The first-order valence-electron chi connectivity index (χ1n) is 6.25. The van der Waals surface area contributed by atoms with E-state index >= 15 is 0 Å². The number of carbonyl (C=O) groups is 1. The van der Waals surface area contributed by atoms with Crippen molar-refractivity contribution in [1.29, 1.82) is 0 Å². The van der Waals surface area contributed by atoms with Crippen LogP contribution >= 0.6 is 11.8 Å². The van der Waals surface area contributed by atoms with E-state index in [1.54, 1.807) is 23.8 Å². The molecule has 0 spiro atoms. The molecule has 1 aromatic rings. The molecule has 0 N–H and O–H groups in total. The molecule has 20 heavy (non-hydrogen) atoms. The number of aliphatic imine (C=N–C) groups is 1. The summed E-state index contributed by atoms with van der Waals surface area (Å²) in [4.78, 5) is 20.5. The van der Waals surface area contributed by atoms with Crippen molar-refractivity contribution >= 4 is 28.9 Å². The molecule has 2 heterocycles. The summed E-state index contributed by atoms with van der Waals surface area (Å²) in [6.07, 6.45) is 1.81. The van der Waals surface area contributed by atoms with Crippen LogP contribution in [0.3, 0.4) is 0 Å². The highest BCUT2D eigenvalue weighted by atomic mass is 32.2. The zero-order chi connectivity index (χ0) is 14.1. The number of fused-ring (bicyclic) bond motifs is 1. The normalized spacial score (nSPS) is 21.1. The minimum atomic E-state index is -0.0325. The predicted octanol–water partition coefficient (Wildman–Crippen LogP) is 1.83. The minimum Gasteiger partial charge on any atom is -0.497 e. The number of carbonyl (C=O) groups excluding carboxylic acids is 1. The molecule has 6 heteroatoms. The maximum absolute atomic E-state index is 12.3. The number of amides is 1. The van der Waals surface area contributed by atoms with Crippen LogP contribution in [-0.2, 0) is 4.79 Å². The third-order valence-corrected chi connectivity index (χ3v) is 4.27. The van der Waals surface area contributed by atoms with E-state index in [0.29, 0.717) is 12.4 Å². The fourth-order valence-electron chi connectivity index (χ4n) is 2.07. The van der Waals surface area contributed by atoms with Gasteiger partial charge >= 0.3 is 0 Å². The van der Waals surface area contributed by atoms with Gasteiger partial charge in [0.25, 0.3) is 5.91 Å². The number of benzene rings is 1. The van der Waals surface area contributed by atoms with E-state index in [1.165, 1.54) is 0 Å². The lowest BCUT2D eigenvalue weighted by atomic mass is 10.2. The van der Waals surface area contributed by atoms with Gasteiger partial charge in [0.2, 0.25) is 0 Å². The lowest BCUT2D eigenvalue weighted by Gasteiger charge is -2.29. The van der Waals surface area contributed by atoms with Crippen LogP contribution in [0.1, 0.15) is 5.56 Å². The Morgan fingerprint density at radius 1 is 1.35 bits per heavy atom. The average molecular weight is 289 g/mol. The zero-order valence-electron chi connectivity index (χ0n) is 11.4. The van der Waals surface area contributed by atoms with Gasteiger partial charge in [-0.25, -0.2) is 4.99 Å². The largest absolute Gasteiger partial charge is 0.497 e. The number of thioether (sulfide) groups is 1. The monoisotopic (exact) mass is 289 g/mol. The van der Waals surface area contributed by atoms with Gasteiger partial charge in [-0.15, -0.1) is 0 Å². The van der Waals surface area contributed by atoms with Crippen LogP contribution in [0.25, 0.3) is 6.08 Å². The molecule has 0 unspecified atom stereocenters. The van der Waals surface area contributed by atoms with Crippen molar-refractivity contribution in [3.05, 3.63) is 35.5 Å². The Hall–Kier alpha value is -1.79. The minimum absolute atomic E-state index is 0.0325. The average Bonchev–Trinajstić information content (AvgIpc) is 2.76. The quantitative estimate of drug-likeness (QED) is 0.779. The number of amidine groups is 1. The number of methoxy groups -OCH3 is 1. The van der Waals surface area contributed by atoms with Crippen LogP contribution in [0.2, 0.25) is 0 Å². The molecule has 0 bridgehead atoms. The summed E-state index contributed by atoms with van der Waals surface area (Å²) in [5.74, 6) is 1.62. The van der Waals surface area contributed by atoms with Crippen molar-refractivity contribution < 1.29 is 9.53 Å². The van der Waals surface area contributed by atoms with E-state index in [2.05, 4.69) is 9.89 Å². The lowest BCUT2D eigenvalue weighted by Crippen LogP contribution is -2.44. The van der Waals surface area contributed by atoms with Crippen molar-refractivity contribution in [2.75, 3.05) is 26.7 Å². The van der Waals surface area contributed by atoms with Gasteiger partial charge in [-0.3, -0.25) is 14.6 Å². The molecule has 1 aromatic carbocycles. The van der Waals surface area contributed by atoms with E-state index in [0.717, 1.165) is 22.4 Å². The number of rotatable bonds is 2. The van der Waals surface area contributed by atoms with Crippen molar-refractivity contribution in [3.63, 3.8) is 0 Å². The SMILES string of the molecule is COc1ccc(C=C2N=C3SCN(C)CN3C2=O)cc1. The molecule has 2 aliphatic rings. The second-order valence-corrected chi connectivity index (χ2v) is 5.61. The van der Waals surface area contributed by atoms with E-state index in [-0.39, 0.29) is 5.91 Å². The first-order valence-corrected chi connectivity index (χ1v) is 7.23.